The van der Waals surface area contributed by atoms with Crippen molar-refractivity contribution in [1.29, 1.82) is 0 Å². The molecule has 142 valence electrons. The van der Waals surface area contributed by atoms with E-state index in [0.29, 0.717) is 0 Å². The van der Waals surface area contributed by atoms with Gasteiger partial charge in [0.15, 0.2) is 5.82 Å². The molecule has 28 heavy (non-hydrogen) atoms. The number of nitrogens with zero attached hydrogens (tertiary/aromatic N) is 3. The van der Waals surface area contributed by atoms with Crippen molar-refractivity contribution in [2.24, 2.45) is 0 Å². The molecule has 1 amide bonds. The van der Waals surface area contributed by atoms with E-state index < -0.39 is 0 Å². The molecular weight excluding hydrogens is 348 g/mol. The van der Waals surface area contributed by atoms with E-state index in [2.05, 4.69) is 20.1 Å². The lowest BCUT2D eigenvalue weighted by Gasteiger charge is -2.09. The summed E-state index contributed by atoms with van der Waals surface area (Å²) in [5.74, 6) is 1.78. The summed E-state index contributed by atoms with van der Waals surface area (Å²) in [5.41, 5.74) is 3.91. The lowest BCUT2D eigenvalue weighted by Crippen LogP contribution is -2.08. The van der Waals surface area contributed by atoms with Gasteiger partial charge in [0.1, 0.15) is 5.82 Å². The quantitative estimate of drug-likeness (QED) is 0.679. The summed E-state index contributed by atoms with van der Waals surface area (Å²) in [5, 5.41) is 11.7. The fourth-order valence-electron chi connectivity index (χ4n) is 3.56. The first kappa shape index (κ1) is 18.2. The number of amides is 1. The summed E-state index contributed by atoms with van der Waals surface area (Å²) >= 11 is 0. The molecule has 5 nitrogen and oxygen atoms in total. The fourth-order valence-corrected chi connectivity index (χ4v) is 3.56. The van der Waals surface area contributed by atoms with Crippen LogP contribution in [0.1, 0.15) is 36.2 Å². The highest BCUT2D eigenvalue weighted by Gasteiger charge is 2.16. The molecule has 0 aliphatic carbocycles. The van der Waals surface area contributed by atoms with Crippen LogP contribution >= 0.6 is 0 Å². The minimum atomic E-state index is -0.152. The lowest BCUT2D eigenvalue weighted by atomic mass is 10.1. The highest BCUT2D eigenvalue weighted by Crippen LogP contribution is 2.25. The zero-order valence-electron chi connectivity index (χ0n) is 16.1. The Morgan fingerprint density at radius 2 is 1.96 bits per heavy atom. The zero-order chi connectivity index (χ0) is 19.3. The van der Waals surface area contributed by atoms with Crippen LogP contribution in [0.5, 0.6) is 0 Å². The van der Waals surface area contributed by atoms with Gasteiger partial charge in [0.25, 0.3) is 0 Å². The van der Waals surface area contributed by atoms with Gasteiger partial charge in [-0.2, -0.15) is 0 Å². The summed E-state index contributed by atoms with van der Waals surface area (Å²) in [4.78, 5) is 12.3. The third kappa shape index (κ3) is 4.03. The number of carbonyl (C=O) groups excluding carboxylic acids is 1. The Morgan fingerprint density at radius 1 is 1.07 bits per heavy atom. The van der Waals surface area contributed by atoms with Crippen LogP contribution in [0.15, 0.2) is 54.6 Å². The van der Waals surface area contributed by atoms with Gasteiger partial charge in [-0.15, -0.1) is 10.2 Å². The van der Waals surface area contributed by atoms with Crippen LogP contribution in [0, 0.1) is 6.92 Å². The Kier molecular flexibility index (Phi) is 5.33. The Hall–Kier alpha value is -3.21. The molecule has 0 saturated carbocycles. The molecule has 0 spiro atoms. The number of fused-ring (bicyclic) bond motifs is 1. The fraction of sp³-hybridized carbons (Fsp3) is 0.261. The Labute approximate surface area is 165 Å². The first-order valence-corrected chi connectivity index (χ1v) is 9.78. The number of nitrogens with one attached hydrogen (secondary N) is 1. The van der Waals surface area contributed by atoms with Crippen molar-refractivity contribution >= 4 is 17.7 Å². The maximum absolute atomic E-state index is 12.3. The van der Waals surface area contributed by atoms with Crippen LogP contribution in [-0.4, -0.2) is 20.7 Å². The molecule has 0 bridgehead atoms. The van der Waals surface area contributed by atoms with Gasteiger partial charge < -0.3 is 9.88 Å². The minimum Gasteiger partial charge on any atom is -0.322 e. The van der Waals surface area contributed by atoms with Crippen LogP contribution in [-0.2, 0) is 17.8 Å². The molecular formula is C23H24N4O. The molecule has 1 aromatic heterocycles. The first-order chi connectivity index (χ1) is 13.7. The largest absolute Gasteiger partial charge is 0.322 e. The van der Waals surface area contributed by atoms with Gasteiger partial charge in [0, 0.05) is 30.3 Å². The molecule has 0 fully saturated rings. The summed E-state index contributed by atoms with van der Waals surface area (Å²) in [6.07, 6.45) is 7.93. The number of hydrogen-bond acceptors (Lipinski definition) is 3. The first-order valence-electron chi connectivity index (χ1n) is 9.78. The molecule has 0 atom stereocenters. The SMILES string of the molecule is Cc1ccccc1/C=C/C(=O)Nc1cccc(-c2nnc3n2CCCCC3)c1. The second-order valence-corrected chi connectivity index (χ2v) is 7.16. The maximum atomic E-state index is 12.3. The second-order valence-electron chi connectivity index (χ2n) is 7.16. The number of hydrogen-bond donors (Lipinski definition) is 1. The molecule has 0 saturated heterocycles. The standard InChI is InChI=1S/C23H24N4O/c1-17-8-4-5-9-18(17)13-14-22(28)24-20-11-7-10-19(16-20)23-26-25-21-12-3-2-6-15-27(21)23/h4-5,7-11,13-14,16H,2-3,6,12,15H2,1H3,(H,24,28)/b14-13+. The van der Waals surface area contributed by atoms with E-state index in [4.69, 9.17) is 0 Å². The van der Waals surface area contributed by atoms with Gasteiger partial charge in [-0.05, 0) is 49.1 Å². The summed E-state index contributed by atoms with van der Waals surface area (Å²) in [6.45, 7) is 2.98. The van der Waals surface area contributed by atoms with E-state index in [1.54, 1.807) is 6.08 Å². The van der Waals surface area contributed by atoms with Crippen LogP contribution in [0.2, 0.25) is 0 Å². The maximum Gasteiger partial charge on any atom is 0.248 e. The number of aryl methyl sites for hydroxylation is 2. The van der Waals surface area contributed by atoms with Crippen molar-refractivity contribution in [2.45, 2.75) is 39.2 Å². The predicted molar refractivity (Wildman–Crippen MR) is 112 cm³/mol. The monoisotopic (exact) mass is 372 g/mol. The van der Waals surface area contributed by atoms with Crippen LogP contribution in [0.3, 0.4) is 0 Å². The molecule has 4 rings (SSSR count). The second kappa shape index (κ2) is 8.21. The third-order valence-corrected chi connectivity index (χ3v) is 5.10. The average Bonchev–Trinajstić information content (AvgIpc) is 2.96. The van der Waals surface area contributed by atoms with Crippen molar-refractivity contribution < 1.29 is 4.79 Å². The molecule has 2 aromatic carbocycles. The molecule has 1 aliphatic heterocycles. The zero-order valence-corrected chi connectivity index (χ0v) is 16.1. The molecule has 3 aromatic rings. The highest BCUT2D eigenvalue weighted by atomic mass is 16.1. The highest BCUT2D eigenvalue weighted by molar-refractivity contribution is 6.02. The third-order valence-electron chi connectivity index (χ3n) is 5.10. The van der Waals surface area contributed by atoms with Gasteiger partial charge in [-0.25, -0.2) is 0 Å². The van der Waals surface area contributed by atoms with E-state index in [0.717, 1.165) is 53.4 Å². The van der Waals surface area contributed by atoms with E-state index in [1.807, 2.05) is 61.5 Å². The van der Waals surface area contributed by atoms with Crippen molar-refractivity contribution in [2.75, 3.05) is 5.32 Å². The van der Waals surface area contributed by atoms with Crippen LogP contribution in [0.25, 0.3) is 17.5 Å². The summed E-state index contributed by atoms with van der Waals surface area (Å²) in [7, 11) is 0. The van der Waals surface area contributed by atoms with Gasteiger partial charge in [0.2, 0.25) is 5.91 Å². The van der Waals surface area contributed by atoms with Gasteiger partial charge in [-0.3, -0.25) is 4.79 Å². The summed E-state index contributed by atoms with van der Waals surface area (Å²) < 4.78 is 2.21. The van der Waals surface area contributed by atoms with E-state index in [-0.39, 0.29) is 5.91 Å². The Bertz CT molecular complexity index is 1020. The van der Waals surface area contributed by atoms with E-state index >= 15 is 0 Å². The molecule has 1 aliphatic rings. The molecule has 0 unspecified atom stereocenters. The number of aromatic nitrogens is 3. The molecule has 1 N–H and O–H groups in total. The molecule has 2 heterocycles. The van der Waals surface area contributed by atoms with Gasteiger partial charge in [0.05, 0.1) is 0 Å². The number of benzene rings is 2. The van der Waals surface area contributed by atoms with Crippen LogP contribution < -0.4 is 5.32 Å². The Morgan fingerprint density at radius 3 is 2.86 bits per heavy atom. The van der Waals surface area contributed by atoms with Gasteiger partial charge in [-0.1, -0.05) is 42.8 Å². The average molecular weight is 372 g/mol. The van der Waals surface area contributed by atoms with Crippen molar-refractivity contribution in [3.63, 3.8) is 0 Å². The van der Waals surface area contributed by atoms with Crippen LogP contribution in [0.4, 0.5) is 5.69 Å². The molecule has 5 heteroatoms. The van der Waals surface area contributed by atoms with E-state index in [1.165, 1.54) is 12.8 Å². The minimum absolute atomic E-state index is 0.152. The van der Waals surface area contributed by atoms with Crippen molar-refractivity contribution in [1.82, 2.24) is 14.8 Å². The number of carbonyl (C=O) groups is 1. The number of anilines is 1. The van der Waals surface area contributed by atoms with Crippen molar-refractivity contribution in [3.8, 4) is 11.4 Å². The van der Waals surface area contributed by atoms with E-state index in [9.17, 15) is 4.79 Å². The topological polar surface area (TPSA) is 59.8 Å². The lowest BCUT2D eigenvalue weighted by molar-refractivity contribution is -0.111. The normalized spacial score (nSPS) is 13.9. The Balaban J connectivity index is 1.51. The smallest absolute Gasteiger partial charge is 0.248 e. The number of rotatable bonds is 4. The van der Waals surface area contributed by atoms with Crippen molar-refractivity contribution in [3.05, 3.63) is 71.6 Å². The predicted octanol–water partition coefficient (Wildman–Crippen LogP) is 4.63. The molecule has 0 radical (unpaired) electrons. The summed E-state index contributed by atoms with van der Waals surface area (Å²) in [6, 6.07) is 15.8. The van der Waals surface area contributed by atoms with Gasteiger partial charge >= 0.3 is 0 Å².